The Labute approximate surface area is 84.7 Å². The molecule has 0 saturated carbocycles. The van der Waals surface area contributed by atoms with Crippen LogP contribution in [-0.2, 0) is 9.53 Å². The molecular formula is C10H9F3O2. The molecule has 15 heavy (non-hydrogen) atoms. The van der Waals surface area contributed by atoms with Crippen LogP contribution in [0.1, 0.15) is 18.1 Å². The van der Waals surface area contributed by atoms with E-state index in [2.05, 4.69) is 4.74 Å². The molecule has 5 heteroatoms. The lowest BCUT2D eigenvalue weighted by atomic mass is 10.1. The molecule has 1 unspecified atom stereocenters. The van der Waals surface area contributed by atoms with E-state index in [1.165, 1.54) is 12.1 Å². The van der Waals surface area contributed by atoms with Crippen LogP contribution in [0.5, 0.6) is 0 Å². The molecule has 0 saturated heterocycles. The predicted molar refractivity (Wildman–Crippen MR) is 47.0 cm³/mol. The minimum Gasteiger partial charge on any atom is -0.459 e. The SMILES string of the molecule is O=COC(CC(F)(F)F)c1ccccc1. The molecule has 82 valence electrons. The Morgan fingerprint density at radius 1 is 1.27 bits per heavy atom. The van der Waals surface area contributed by atoms with Crippen LogP contribution in [0.2, 0.25) is 0 Å². The first-order valence-corrected chi connectivity index (χ1v) is 4.24. The van der Waals surface area contributed by atoms with Gasteiger partial charge in [0, 0.05) is 0 Å². The largest absolute Gasteiger partial charge is 0.459 e. The Kier molecular flexibility index (Phi) is 3.71. The quantitative estimate of drug-likeness (QED) is 0.726. The Bertz CT molecular complexity index is 308. The standard InChI is InChI=1S/C10H9F3O2/c11-10(12,13)6-9(15-7-14)8-4-2-1-3-5-8/h1-5,7,9H,6H2. The van der Waals surface area contributed by atoms with Gasteiger partial charge in [-0.2, -0.15) is 13.2 Å². The molecule has 1 aromatic carbocycles. The minimum atomic E-state index is -4.36. The van der Waals surface area contributed by atoms with Crippen LogP contribution >= 0.6 is 0 Å². The van der Waals surface area contributed by atoms with Gasteiger partial charge in [0.15, 0.2) is 0 Å². The van der Waals surface area contributed by atoms with Gasteiger partial charge in [0.2, 0.25) is 0 Å². The van der Waals surface area contributed by atoms with Crippen molar-refractivity contribution in [1.82, 2.24) is 0 Å². The van der Waals surface area contributed by atoms with Gasteiger partial charge in [0.25, 0.3) is 6.47 Å². The second kappa shape index (κ2) is 4.82. The van der Waals surface area contributed by atoms with Crippen LogP contribution < -0.4 is 0 Å². The minimum absolute atomic E-state index is 0.0312. The molecule has 0 spiro atoms. The first kappa shape index (κ1) is 11.6. The second-order valence-corrected chi connectivity index (χ2v) is 2.95. The molecule has 0 amide bonds. The van der Waals surface area contributed by atoms with Gasteiger partial charge >= 0.3 is 6.18 Å². The third-order valence-electron chi connectivity index (χ3n) is 1.81. The van der Waals surface area contributed by atoms with E-state index < -0.39 is 18.7 Å². The summed E-state index contributed by atoms with van der Waals surface area (Å²) in [5.41, 5.74) is 0.335. The molecule has 1 atom stereocenters. The highest BCUT2D eigenvalue weighted by Gasteiger charge is 2.33. The summed E-state index contributed by atoms with van der Waals surface area (Å²) in [6, 6.07) is 7.83. The van der Waals surface area contributed by atoms with Crippen LogP contribution in [0.3, 0.4) is 0 Å². The average molecular weight is 218 g/mol. The van der Waals surface area contributed by atoms with Gasteiger partial charge in [-0.25, -0.2) is 0 Å². The maximum atomic E-state index is 12.1. The first-order valence-electron chi connectivity index (χ1n) is 4.24. The number of carbonyl (C=O) groups is 1. The molecular weight excluding hydrogens is 209 g/mol. The highest BCUT2D eigenvalue weighted by atomic mass is 19.4. The van der Waals surface area contributed by atoms with Gasteiger partial charge in [-0.15, -0.1) is 0 Å². The number of carbonyl (C=O) groups excluding carboxylic acids is 1. The van der Waals surface area contributed by atoms with E-state index in [9.17, 15) is 18.0 Å². The molecule has 0 radical (unpaired) electrons. The van der Waals surface area contributed by atoms with Gasteiger partial charge in [-0.3, -0.25) is 4.79 Å². The summed E-state index contributed by atoms with van der Waals surface area (Å²) in [6.45, 7) is 0.0312. The summed E-state index contributed by atoms with van der Waals surface area (Å²) in [4.78, 5) is 10.1. The van der Waals surface area contributed by atoms with Crippen molar-refractivity contribution in [3.05, 3.63) is 35.9 Å². The smallest absolute Gasteiger partial charge is 0.392 e. The van der Waals surface area contributed by atoms with Crippen LogP contribution in [0.25, 0.3) is 0 Å². The highest BCUT2D eigenvalue weighted by molar-refractivity contribution is 5.38. The van der Waals surface area contributed by atoms with E-state index in [0.29, 0.717) is 5.56 Å². The first-order chi connectivity index (χ1) is 7.03. The monoisotopic (exact) mass is 218 g/mol. The van der Waals surface area contributed by atoms with Gasteiger partial charge in [0.05, 0.1) is 6.42 Å². The van der Waals surface area contributed by atoms with Gasteiger partial charge in [-0.05, 0) is 5.56 Å². The summed E-state index contributed by atoms with van der Waals surface area (Å²) >= 11 is 0. The molecule has 0 N–H and O–H groups in total. The van der Waals surface area contributed by atoms with Crippen LogP contribution in [0.15, 0.2) is 30.3 Å². The Balaban J connectivity index is 2.79. The number of halogens is 3. The fourth-order valence-electron chi connectivity index (χ4n) is 1.19. The molecule has 0 fully saturated rings. The van der Waals surface area contributed by atoms with Crippen molar-refractivity contribution in [2.24, 2.45) is 0 Å². The Morgan fingerprint density at radius 3 is 2.33 bits per heavy atom. The topological polar surface area (TPSA) is 26.3 Å². The van der Waals surface area contributed by atoms with E-state index in [-0.39, 0.29) is 6.47 Å². The second-order valence-electron chi connectivity index (χ2n) is 2.95. The van der Waals surface area contributed by atoms with Crippen molar-refractivity contribution in [3.63, 3.8) is 0 Å². The van der Waals surface area contributed by atoms with E-state index in [1.807, 2.05) is 0 Å². The maximum Gasteiger partial charge on any atom is 0.392 e. The fraction of sp³-hybridized carbons (Fsp3) is 0.300. The zero-order valence-electron chi connectivity index (χ0n) is 7.70. The van der Waals surface area contributed by atoms with Crippen molar-refractivity contribution in [1.29, 1.82) is 0 Å². The number of hydrogen-bond donors (Lipinski definition) is 0. The van der Waals surface area contributed by atoms with Crippen molar-refractivity contribution in [3.8, 4) is 0 Å². The summed E-state index contributed by atoms with van der Waals surface area (Å²) in [6.07, 6.45) is -6.79. The van der Waals surface area contributed by atoms with Crippen LogP contribution in [-0.4, -0.2) is 12.6 Å². The zero-order chi connectivity index (χ0) is 11.3. The van der Waals surface area contributed by atoms with Crippen molar-refractivity contribution in [2.45, 2.75) is 18.7 Å². The third kappa shape index (κ3) is 4.01. The normalized spacial score (nSPS) is 13.3. The molecule has 0 aliphatic rings. The number of alkyl halides is 3. The summed E-state index contributed by atoms with van der Waals surface area (Å²) in [5, 5.41) is 0. The van der Waals surface area contributed by atoms with Crippen molar-refractivity contribution in [2.75, 3.05) is 0 Å². The number of ether oxygens (including phenoxy) is 1. The van der Waals surface area contributed by atoms with E-state index in [4.69, 9.17) is 0 Å². The molecule has 1 aromatic rings. The predicted octanol–water partition coefficient (Wildman–Crippen LogP) is 2.85. The lowest BCUT2D eigenvalue weighted by molar-refractivity contribution is -0.165. The molecule has 2 nitrogen and oxygen atoms in total. The summed E-state index contributed by atoms with van der Waals surface area (Å²) in [5.74, 6) is 0. The van der Waals surface area contributed by atoms with Crippen molar-refractivity contribution >= 4 is 6.47 Å². The van der Waals surface area contributed by atoms with E-state index in [1.54, 1.807) is 18.2 Å². The lowest BCUT2D eigenvalue weighted by Gasteiger charge is -2.17. The summed E-state index contributed by atoms with van der Waals surface area (Å²) < 4.78 is 40.8. The molecule has 0 aromatic heterocycles. The van der Waals surface area contributed by atoms with E-state index in [0.717, 1.165) is 0 Å². The third-order valence-corrected chi connectivity index (χ3v) is 1.81. The van der Waals surface area contributed by atoms with Gasteiger partial charge in [0.1, 0.15) is 6.10 Å². The summed E-state index contributed by atoms with van der Waals surface area (Å²) in [7, 11) is 0. The van der Waals surface area contributed by atoms with Crippen molar-refractivity contribution < 1.29 is 22.7 Å². The average Bonchev–Trinajstić information content (AvgIpc) is 2.17. The zero-order valence-corrected chi connectivity index (χ0v) is 7.70. The number of benzene rings is 1. The van der Waals surface area contributed by atoms with Crippen LogP contribution in [0, 0.1) is 0 Å². The highest BCUT2D eigenvalue weighted by Crippen LogP contribution is 2.31. The Hall–Kier alpha value is -1.52. The lowest BCUT2D eigenvalue weighted by Crippen LogP contribution is -2.15. The van der Waals surface area contributed by atoms with Crippen LogP contribution in [0.4, 0.5) is 13.2 Å². The van der Waals surface area contributed by atoms with Gasteiger partial charge < -0.3 is 4.74 Å². The fourth-order valence-corrected chi connectivity index (χ4v) is 1.19. The number of rotatable bonds is 4. The molecule has 0 bridgehead atoms. The molecule has 0 heterocycles. The Morgan fingerprint density at radius 2 is 1.87 bits per heavy atom. The molecule has 1 rings (SSSR count). The number of hydrogen-bond acceptors (Lipinski definition) is 2. The van der Waals surface area contributed by atoms with Gasteiger partial charge in [-0.1, -0.05) is 30.3 Å². The molecule has 0 aliphatic carbocycles. The van der Waals surface area contributed by atoms with E-state index >= 15 is 0 Å². The molecule has 0 aliphatic heterocycles. The maximum absolute atomic E-state index is 12.1.